The molecule has 9 heteroatoms. The maximum atomic E-state index is 12.6. The maximum absolute atomic E-state index is 12.6. The van der Waals surface area contributed by atoms with Crippen LogP contribution in [0.3, 0.4) is 0 Å². The summed E-state index contributed by atoms with van der Waals surface area (Å²) in [5.41, 5.74) is 0.644. The number of halogens is 2. The molecule has 2 N–H and O–H groups in total. The van der Waals surface area contributed by atoms with Crippen molar-refractivity contribution in [1.82, 2.24) is 10.6 Å². The predicted octanol–water partition coefficient (Wildman–Crippen LogP) is 1.59. The first kappa shape index (κ1) is 19.7. The molecule has 0 spiro atoms. The van der Waals surface area contributed by atoms with Crippen LogP contribution in [0, 0.1) is 0 Å². The molecular weight excluding hydrogens is 346 g/mol. The van der Waals surface area contributed by atoms with E-state index in [0.29, 0.717) is 31.3 Å². The third-order valence-corrected chi connectivity index (χ3v) is 4.02. The van der Waals surface area contributed by atoms with Gasteiger partial charge in [-0.3, -0.25) is 9.79 Å². The Hall–Kier alpha value is -2.58. The summed E-state index contributed by atoms with van der Waals surface area (Å²) in [6, 6.07) is 6.86. The van der Waals surface area contributed by atoms with Crippen LogP contribution in [0.4, 0.5) is 14.5 Å². The van der Waals surface area contributed by atoms with E-state index in [1.807, 2.05) is 4.90 Å². The maximum Gasteiger partial charge on any atom is 0.387 e. The molecule has 1 unspecified atom stereocenters. The van der Waals surface area contributed by atoms with Gasteiger partial charge in [-0.05, 0) is 18.6 Å². The molecule has 1 saturated heterocycles. The molecule has 1 fully saturated rings. The van der Waals surface area contributed by atoms with Gasteiger partial charge < -0.3 is 25.0 Å². The first-order valence-corrected chi connectivity index (χ1v) is 8.36. The number of carbonyl (C=O) groups excluding carboxylic acids is 1. The van der Waals surface area contributed by atoms with Crippen molar-refractivity contribution >= 4 is 17.6 Å². The molecule has 144 valence electrons. The molecule has 1 heterocycles. The van der Waals surface area contributed by atoms with Crippen LogP contribution in [-0.2, 0) is 9.53 Å². The molecule has 0 bridgehead atoms. The zero-order valence-corrected chi connectivity index (χ0v) is 14.9. The summed E-state index contributed by atoms with van der Waals surface area (Å²) in [6.45, 7) is -1.11. The van der Waals surface area contributed by atoms with E-state index in [0.717, 1.165) is 6.42 Å². The van der Waals surface area contributed by atoms with Crippen molar-refractivity contribution in [3.63, 3.8) is 0 Å². The number of nitrogens with zero attached hydrogens (tertiary/aromatic N) is 2. The van der Waals surface area contributed by atoms with Gasteiger partial charge in [-0.15, -0.1) is 0 Å². The lowest BCUT2D eigenvalue weighted by molar-refractivity contribution is -0.140. The van der Waals surface area contributed by atoms with Crippen LogP contribution < -0.4 is 20.3 Å². The van der Waals surface area contributed by atoms with Crippen molar-refractivity contribution in [2.75, 3.05) is 38.7 Å². The largest absolute Gasteiger partial charge is 0.469 e. The van der Waals surface area contributed by atoms with E-state index >= 15 is 0 Å². The highest BCUT2D eigenvalue weighted by atomic mass is 19.3. The lowest BCUT2D eigenvalue weighted by atomic mass is 10.2. The van der Waals surface area contributed by atoms with Crippen molar-refractivity contribution in [1.29, 1.82) is 0 Å². The van der Waals surface area contributed by atoms with E-state index < -0.39 is 6.61 Å². The molecule has 1 aromatic carbocycles. The van der Waals surface area contributed by atoms with Crippen LogP contribution in [0.2, 0.25) is 0 Å². The van der Waals surface area contributed by atoms with Crippen molar-refractivity contribution in [3.8, 4) is 5.75 Å². The number of hydrogen-bond donors (Lipinski definition) is 2. The number of alkyl halides is 2. The predicted molar refractivity (Wildman–Crippen MR) is 94.8 cm³/mol. The van der Waals surface area contributed by atoms with Crippen LogP contribution in [0.1, 0.15) is 12.8 Å². The lowest BCUT2D eigenvalue weighted by Gasteiger charge is -2.22. The number of esters is 1. The number of benzene rings is 1. The minimum atomic E-state index is -2.86. The highest BCUT2D eigenvalue weighted by Gasteiger charge is 2.26. The first-order chi connectivity index (χ1) is 12.5. The summed E-state index contributed by atoms with van der Waals surface area (Å²) in [5, 5.41) is 6.32. The van der Waals surface area contributed by atoms with Gasteiger partial charge in [-0.25, -0.2) is 0 Å². The van der Waals surface area contributed by atoms with Crippen molar-refractivity contribution in [2.24, 2.45) is 4.99 Å². The summed E-state index contributed by atoms with van der Waals surface area (Å²) in [4.78, 5) is 17.3. The number of rotatable bonds is 7. The molecule has 1 atom stereocenters. The highest BCUT2D eigenvalue weighted by Crippen LogP contribution is 2.31. The Balaban J connectivity index is 1.89. The fourth-order valence-corrected chi connectivity index (χ4v) is 2.78. The van der Waals surface area contributed by atoms with Crippen molar-refractivity contribution in [3.05, 3.63) is 24.3 Å². The molecule has 1 aliphatic heterocycles. The fraction of sp³-hybridized carbons (Fsp3) is 0.529. The van der Waals surface area contributed by atoms with E-state index in [2.05, 4.69) is 25.1 Å². The zero-order chi connectivity index (χ0) is 18.9. The number of carbonyl (C=O) groups is 1. The van der Waals surface area contributed by atoms with Gasteiger partial charge in [0.2, 0.25) is 0 Å². The quantitative estimate of drug-likeness (QED) is 0.431. The molecule has 26 heavy (non-hydrogen) atoms. The van der Waals surface area contributed by atoms with E-state index in [4.69, 9.17) is 0 Å². The standard InChI is InChI=1S/C17H24F2N4O3/c1-20-17(21-9-7-15(24)25-2)22-12-8-10-23(11-12)13-5-3-4-6-14(13)26-16(18)19/h3-6,12,16H,7-11H2,1-2H3,(H2,20,21,22). The van der Waals surface area contributed by atoms with Gasteiger partial charge in [-0.2, -0.15) is 8.78 Å². The molecule has 7 nitrogen and oxygen atoms in total. The highest BCUT2D eigenvalue weighted by molar-refractivity contribution is 5.80. The second-order valence-corrected chi connectivity index (χ2v) is 5.75. The van der Waals surface area contributed by atoms with Crippen LogP contribution in [0.25, 0.3) is 0 Å². The minimum Gasteiger partial charge on any atom is -0.469 e. The van der Waals surface area contributed by atoms with Gasteiger partial charge in [0, 0.05) is 32.7 Å². The molecule has 2 rings (SSSR count). The fourth-order valence-electron chi connectivity index (χ4n) is 2.78. The minimum absolute atomic E-state index is 0.0962. The average Bonchev–Trinajstić information content (AvgIpc) is 3.09. The Kier molecular flexibility index (Phi) is 7.43. The molecule has 0 amide bonds. The average molecular weight is 370 g/mol. The smallest absolute Gasteiger partial charge is 0.387 e. The molecule has 0 aliphatic carbocycles. The van der Waals surface area contributed by atoms with Gasteiger partial charge in [0.05, 0.1) is 19.2 Å². The number of nitrogens with one attached hydrogen (secondary N) is 2. The third-order valence-electron chi connectivity index (χ3n) is 4.02. The van der Waals surface area contributed by atoms with Gasteiger partial charge in [0.15, 0.2) is 5.96 Å². The number of hydrogen-bond acceptors (Lipinski definition) is 5. The van der Waals surface area contributed by atoms with Crippen molar-refractivity contribution in [2.45, 2.75) is 25.5 Å². The Morgan fingerprint density at radius 1 is 1.42 bits per heavy atom. The monoisotopic (exact) mass is 370 g/mol. The van der Waals surface area contributed by atoms with E-state index in [1.54, 1.807) is 25.2 Å². The summed E-state index contributed by atoms with van der Waals surface area (Å²) >= 11 is 0. The summed E-state index contributed by atoms with van der Waals surface area (Å²) in [5.74, 6) is 0.456. The number of methoxy groups -OCH3 is 1. The third kappa shape index (κ3) is 5.75. The Labute approximate surface area is 151 Å². The SMILES string of the molecule is CN=C(NCCC(=O)OC)NC1CCN(c2ccccc2OC(F)F)C1. The molecule has 1 aliphatic rings. The molecule has 1 aromatic rings. The number of para-hydroxylation sites is 2. The van der Waals surface area contributed by atoms with Crippen LogP contribution in [-0.4, -0.2) is 58.4 Å². The summed E-state index contributed by atoms with van der Waals surface area (Å²) in [7, 11) is 2.99. The zero-order valence-electron chi connectivity index (χ0n) is 14.9. The molecular formula is C17H24F2N4O3. The van der Waals surface area contributed by atoms with Gasteiger partial charge in [-0.1, -0.05) is 12.1 Å². The molecule has 0 radical (unpaired) electrons. The number of aliphatic imine (C=N–C) groups is 1. The molecule has 0 aromatic heterocycles. The Morgan fingerprint density at radius 2 is 2.19 bits per heavy atom. The first-order valence-electron chi connectivity index (χ1n) is 8.36. The number of guanidine groups is 1. The van der Waals surface area contributed by atoms with Crippen LogP contribution in [0.15, 0.2) is 29.3 Å². The van der Waals surface area contributed by atoms with E-state index in [9.17, 15) is 13.6 Å². The Morgan fingerprint density at radius 3 is 2.88 bits per heavy atom. The van der Waals surface area contributed by atoms with Gasteiger partial charge in [0.1, 0.15) is 5.75 Å². The summed E-state index contributed by atoms with van der Waals surface area (Å²) < 4.78 is 34.3. The van der Waals surface area contributed by atoms with Crippen molar-refractivity contribution < 1.29 is 23.0 Å². The van der Waals surface area contributed by atoms with E-state index in [-0.39, 0.29) is 24.2 Å². The second kappa shape index (κ2) is 9.79. The van der Waals surface area contributed by atoms with Crippen LogP contribution >= 0.6 is 0 Å². The number of anilines is 1. The second-order valence-electron chi connectivity index (χ2n) is 5.75. The number of ether oxygens (including phenoxy) is 2. The normalized spacial score (nSPS) is 17.3. The topological polar surface area (TPSA) is 75.2 Å². The molecule has 0 saturated carbocycles. The van der Waals surface area contributed by atoms with E-state index in [1.165, 1.54) is 13.2 Å². The lowest BCUT2D eigenvalue weighted by Crippen LogP contribution is -2.45. The van der Waals surface area contributed by atoms with Crippen LogP contribution in [0.5, 0.6) is 5.75 Å². The van der Waals surface area contributed by atoms with Gasteiger partial charge in [0.25, 0.3) is 0 Å². The summed E-state index contributed by atoms with van der Waals surface area (Å²) in [6.07, 6.45) is 1.06. The Bertz CT molecular complexity index is 628. The van der Waals surface area contributed by atoms with Gasteiger partial charge >= 0.3 is 12.6 Å².